The fourth-order valence-corrected chi connectivity index (χ4v) is 5.24. The number of hydrogen-bond donors (Lipinski definition) is 2. The Bertz CT molecular complexity index is 1310. The number of nitrogens with one attached hydrogen (secondary N) is 1. The maximum Gasteiger partial charge on any atom is 0.397 e. The van der Waals surface area contributed by atoms with Gasteiger partial charge in [-0.2, -0.15) is 0 Å². The minimum absolute atomic E-state index is 0.121. The van der Waals surface area contributed by atoms with Crippen LogP contribution in [-0.4, -0.2) is 34.5 Å². The Morgan fingerprint density at radius 1 is 0.975 bits per heavy atom. The Morgan fingerprint density at radius 2 is 1.65 bits per heavy atom. The molecule has 3 aromatic rings. The third-order valence-corrected chi connectivity index (χ3v) is 7.21. The number of anilines is 1. The van der Waals surface area contributed by atoms with Gasteiger partial charge in [-0.3, -0.25) is 9.69 Å². The van der Waals surface area contributed by atoms with Gasteiger partial charge in [0.05, 0.1) is 6.61 Å². The minimum Gasteiger partial charge on any atom is -0.508 e. The maximum absolute atomic E-state index is 13.5. The van der Waals surface area contributed by atoms with Crippen molar-refractivity contribution in [1.29, 1.82) is 0 Å². The first-order chi connectivity index (χ1) is 19.2. The monoisotopic (exact) mass is 548 g/mol. The van der Waals surface area contributed by atoms with Gasteiger partial charge in [0.2, 0.25) is 0 Å². The fraction of sp³-hybridized carbons (Fsp3) is 0.375. The SMILES string of the molecule is CCOC(=O)C(=O)Nc1cc(C)c(Oc2ccc(O)c(CN(Cc3ccc(F)cc3)C3CCCCC3)c2)c(C)c1. The van der Waals surface area contributed by atoms with Crippen molar-refractivity contribution in [3.63, 3.8) is 0 Å². The van der Waals surface area contributed by atoms with Crippen molar-refractivity contribution in [3.8, 4) is 17.2 Å². The lowest BCUT2D eigenvalue weighted by atomic mass is 9.93. The van der Waals surface area contributed by atoms with E-state index in [1.165, 1.54) is 31.4 Å². The molecule has 0 unspecified atom stereocenters. The first-order valence-corrected chi connectivity index (χ1v) is 13.8. The molecule has 212 valence electrons. The number of ether oxygens (including phenoxy) is 2. The molecule has 0 radical (unpaired) electrons. The maximum atomic E-state index is 13.5. The van der Waals surface area contributed by atoms with Crippen molar-refractivity contribution in [2.45, 2.75) is 72.0 Å². The Hall–Kier alpha value is -3.91. The number of phenolic OH excluding ortho intramolecular Hbond substituents is 1. The van der Waals surface area contributed by atoms with Gasteiger partial charge in [-0.15, -0.1) is 0 Å². The van der Waals surface area contributed by atoms with Crippen LogP contribution in [0.25, 0.3) is 0 Å². The van der Waals surface area contributed by atoms with Crippen LogP contribution in [0.2, 0.25) is 0 Å². The van der Waals surface area contributed by atoms with Gasteiger partial charge in [-0.1, -0.05) is 31.4 Å². The average molecular weight is 549 g/mol. The molecule has 0 spiro atoms. The van der Waals surface area contributed by atoms with Gasteiger partial charge in [0.1, 0.15) is 23.1 Å². The molecule has 8 heteroatoms. The van der Waals surface area contributed by atoms with Gasteiger partial charge >= 0.3 is 11.9 Å². The first kappa shape index (κ1) is 29.1. The molecule has 0 atom stereocenters. The van der Waals surface area contributed by atoms with Crippen LogP contribution in [0.3, 0.4) is 0 Å². The average Bonchev–Trinajstić information content (AvgIpc) is 2.93. The van der Waals surface area contributed by atoms with Crippen molar-refractivity contribution >= 4 is 17.6 Å². The summed E-state index contributed by atoms with van der Waals surface area (Å²) in [6.07, 6.45) is 5.77. The molecule has 0 aromatic heterocycles. The predicted molar refractivity (Wildman–Crippen MR) is 152 cm³/mol. The van der Waals surface area contributed by atoms with Crippen LogP contribution in [0, 0.1) is 19.7 Å². The number of benzene rings is 3. The number of amides is 1. The van der Waals surface area contributed by atoms with Gasteiger partial charge in [0.25, 0.3) is 0 Å². The second kappa shape index (κ2) is 13.4. The van der Waals surface area contributed by atoms with Crippen molar-refractivity contribution < 1.29 is 28.6 Å². The van der Waals surface area contributed by atoms with Crippen LogP contribution in [0.4, 0.5) is 10.1 Å². The Labute approximate surface area is 234 Å². The van der Waals surface area contributed by atoms with Crippen LogP contribution in [0.5, 0.6) is 17.2 Å². The number of carbonyl (C=O) groups is 2. The number of aryl methyl sites for hydroxylation is 2. The van der Waals surface area contributed by atoms with Crippen LogP contribution >= 0.6 is 0 Å². The van der Waals surface area contributed by atoms with Crippen molar-refractivity contribution in [2.75, 3.05) is 11.9 Å². The highest BCUT2D eigenvalue weighted by Gasteiger charge is 2.23. The summed E-state index contributed by atoms with van der Waals surface area (Å²) in [6.45, 7) is 6.67. The largest absolute Gasteiger partial charge is 0.508 e. The lowest BCUT2D eigenvalue weighted by Crippen LogP contribution is -2.35. The van der Waals surface area contributed by atoms with Crippen molar-refractivity contribution in [1.82, 2.24) is 4.90 Å². The van der Waals surface area contributed by atoms with Crippen molar-refractivity contribution in [2.24, 2.45) is 0 Å². The van der Waals surface area contributed by atoms with E-state index >= 15 is 0 Å². The number of aromatic hydroxyl groups is 1. The quantitative estimate of drug-likeness (QED) is 0.226. The number of halogens is 1. The number of nitrogens with zero attached hydrogens (tertiary/aromatic N) is 1. The highest BCUT2D eigenvalue weighted by molar-refractivity contribution is 6.37. The van der Waals surface area contributed by atoms with Crippen LogP contribution in [-0.2, 0) is 27.4 Å². The third kappa shape index (κ3) is 7.60. The van der Waals surface area contributed by atoms with E-state index in [-0.39, 0.29) is 18.2 Å². The molecular formula is C32H37FN2O5. The normalized spacial score (nSPS) is 13.7. The van der Waals surface area contributed by atoms with Gasteiger partial charge in [0.15, 0.2) is 0 Å². The second-order valence-corrected chi connectivity index (χ2v) is 10.3. The summed E-state index contributed by atoms with van der Waals surface area (Å²) in [6, 6.07) is 15.7. The molecule has 1 fully saturated rings. The number of esters is 1. The van der Waals surface area contributed by atoms with E-state index in [0.29, 0.717) is 36.3 Å². The summed E-state index contributed by atoms with van der Waals surface area (Å²) in [5.41, 5.74) is 3.79. The molecule has 0 heterocycles. The lowest BCUT2D eigenvalue weighted by molar-refractivity contribution is -0.152. The molecule has 1 aliphatic rings. The topological polar surface area (TPSA) is 88.1 Å². The fourth-order valence-electron chi connectivity index (χ4n) is 5.24. The van der Waals surface area contributed by atoms with E-state index in [2.05, 4.69) is 10.2 Å². The zero-order chi connectivity index (χ0) is 28.6. The van der Waals surface area contributed by atoms with Gasteiger partial charge in [-0.05, 0) is 92.8 Å². The molecule has 0 aliphatic heterocycles. The molecule has 1 aliphatic carbocycles. The molecule has 1 amide bonds. The van der Waals surface area contributed by atoms with E-state index < -0.39 is 11.9 Å². The zero-order valence-corrected chi connectivity index (χ0v) is 23.3. The Kier molecular flexibility index (Phi) is 9.77. The molecule has 1 saturated carbocycles. The lowest BCUT2D eigenvalue weighted by Gasteiger charge is -2.34. The van der Waals surface area contributed by atoms with Crippen LogP contribution < -0.4 is 10.1 Å². The highest BCUT2D eigenvalue weighted by Crippen LogP contribution is 2.35. The van der Waals surface area contributed by atoms with Crippen LogP contribution in [0.15, 0.2) is 54.6 Å². The molecule has 0 bridgehead atoms. The van der Waals surface area contributed by atoms with E-state index in [0.717, 1.165) is 35.1 Å². The standard InChI is InChI=1S/C32H37FN2O5/c1-4-39-32(38)31(37)34-26-16-21(2)30(22(3)17-26)40-28-14-15-29(36)24(18-28)20-35(27-8-6-5-7-9-27)19-23-10-12-25(33)13-11-23/h10-18,27,36H,4-9,19-20H2,1-3H3,(H,34,37). The van der Waals surface area contributed by atoms with E-state index in [9.17, 15) is 19.1 Å². The minimum atomic E-state index is -0.934. The summed E-state index contributed by atoms with van der Waals surface area (Å²) in [4.78, 5) is 26.1. The summed E-state index contributed by atoms with van der Waals surface area (Å²) in [5.74, 6) is -0.626. The molecule has 4 rings (SSSR count). The van der Waals surface area contributed by atoms with Gasteiger partial charge < -0.3 is 19.9 Å². The summed E-state index contributed by atoms with van der Waals surface area (Å²) >= 11 is 0. The molecule has 7 nitrogen and oxygen atoms in total. The molecular weight excluding hydrogens is 511 g/mol. The highest BCUT2D eigenvalue weighted by atomic mass is 19.1. The summed E-state index contributed by atoms with van der Waals surface area (Å²) < 4.78 is 24.5. The molecule has 40 heavy (non-hydrogen) atoms. The number of hydrogen-bond acceptors (Lipinski definition) is 6. The Morgan fingerprint density at radius 3 is 2.30 bits per heavy atom. The first-order valence-electron chi connectivity index (χ1n) is 13.8. The molecule has 3 aromatic carbocycles. The van der Waals surface area contributed by atoms with Gasteiger partial charge in [0, 0.05) is 30.4 Å². The molecule has 0 saturated heterocycles. The number of carbonyl (C=O) groups excluding carboxylic acids is 2. The van der Waals surface area contributed by atoms with Gasteiger partial charge in [-0.25, -0.2) is 9.18 Å². The Balaban J connectivity index is 1.52. The predicted octanol–water partition coefficient (Wildman–Crippen LogP) is 6.78. The van der Waals surface area contributed by atoms with E-state index in [1.54, 1.807) is 31.2 Å². The van der Waals surface area contributed by atoms with E-state index in [4.69, 9.17) is 9.47 Å². The second-order valence-electron chi connectivity index (χ2n) is 10.3. The number of rotatable bonds is 9. The van der Waals surface area contributed by atoms with Crippen molar-refractivity contribution in [3.05, 3.63) is 82.7 Å². The molecule has 2 N–H and O–H groups in total. The zero-order valence-electron chi connectivity index (χ0n) is 23.3. The smallest absolute Gasteiger partial charge is 0.397 e. The summed E-state index contributed by atoms with van der Waals surface area (Å²) in [7, 11) is 0. The summed E-state index contributed by atoms with van der Waals surface area (Å²) in [5, 5.41) is 13.3. The third-order valence-electron chi connectivity index (χ3n) is 7.21. The van der Waals surface area contributed by atoms with Crippen LogP contribution in [0.1, 0.15) is 61.3 Å². The van der Waals surface area contributed by atoms with E-state index in [1.807, 2.05) is 32.0 Å². The number of phenols is 1.